The highest BCUT2D eigenvalue weighted by molar-refractivity contribution is 8.00. The van der Waals surface area contributed by atoms with Gasteiger partial charge in [0.2, 0.25) is 0 Å². The molecule has 0 atom stereocenters. The first kappa shape index (κ1) is 17.9. The molecule has 0 aliphatic carbocycles. The lowest BCUT2D eigenvalue weighted by molar-refractivity contribution is -0.388. The number of ether oxygens (including phenoxy) is 1. The summed E-state index contributed by atoms with van der Waals surface area (Å²) in [5, 5.41) is 19.3. The third kappa shape index (κ3) is 5.34. The van der Waals surface area contributed by atoms with Gasteiger partial charge in [0.25, 0.3) is 5.69 Å². The van der Waals surface area contributed by atoms with Gasteiger partial charge < -0.3 is 4.74 Å². The Morgan fingerprint density at radius 3 is 2.73 bits per heavy atom. The van der Waals surface area contributed by atoms with Crippen LogP contribution in [0, 0.1) is 21.4 Å². The maximum absolute atomic E-state index is 11.4. The summed E-state index contributed by atoms with van der Waals surface area (Å²) in [5.41, 5.74) is -0.391. The van der Waals surface area contributed by atoms with E-state index in [1.54, 1.807) is 0 Å². The van der Waals surface area contributed by atoms with Crippen molar-refractivity contribution in [3.05, 3.63) is 28.3 Å². The number of carbonyl (C=O) groups is 1. The molecule has 0 fully saturated rings. The van der Waals surface area contributed by atoms with Crippen LogP contribution >= 0.6 is 11.8 Å². The minimum absolute atomic E-state index is 0.0367. The van der Waals surface area contributed by atoms with Crippen LogP contribution in [-0.2, 0) is 19.4 Å². The summed E-state index contributed by atoms with van der Waals surface area (Å²) >= 11 is 0.867. The Hall–Kier alpha value is -2.12. The van der Waals surface area contributed by atoms with Crippen molar-refractivity contribution in [2.24, 2.45) is 0 Å². The Labute approximate surface area is 131 Å². The predicted molar refractivity (Wildman–Crippen MR) is 78.1 cm³/mol. The molecule has 0 saturated carbocycles. The highest BCUT2D eigenvalue weighted by atomic mass is 32.2. The van der Waals surface area contributed by atoms with Crippen molar-refractivity contribution in [3.8, 4) is 6.07 Å². The second-order valence-corrected chi connectivity index (χ2v) is 7.11. The predicted octanol–water partition coefficient (Wildman–Crippen LogP) is 1.55. The molecule has 0 aromatic heterocycles. The van der Waals surface area contributed by atoms with Gasteiger partial charge in [-0.15, -0.1) is 11.8 Å². The van der Waals surface area contributed by atoms with Crippen molar-refractivity contribution in [2.75, 3.05) is 18.6 Å². The van der Waals surface area contributed by atoms with Crippen molar-refractivity contribution in [3.63, 3.8) is 0 Å². The lowest BCUT2D eigenvalue weighted by atomic mass is 10.3. The number of hydrogen-bond donors (Lipinski definition) is 0. The molecule has 1 aromatic carbocycles. The summed E-state index contributed by atoms with van der Waals surface area (Å²) in [5.74, 6) is -0.786. The lowest BCUT2D eigenvalue weighted by Crippen LogP contribution is -2.08. The van der Waals surface area contributed by atoms with Crippen molar-refractivity contribution in [2.45, 2.75) is 16.2 Å². The first-order chi connectivity index (χ1) is 10.3. The van der Waals surface area contributed by atoms with E-state index in [2.05, 4.69) is 0 Å². The number of nitro groups is 1. The number of carbonyl (C=O) groups excluding carboxylic acids is 1. The number of thioether (sulfide) groups is 1. The van der Waals surface area contributed by atoms with Crippen LogP contribution in [0.15, 0.2) is 28.0 Å². The van der Waals surface area contributed by atoms with E-state index in [1.165, 1.54) is 12.1 Å². The van der Waals surface area contributed by atoms with Gasteiger partial charge in [0.05, 0.1) is 33.0 Å². The van der Waals surface area contributed by atoms with Crippen LogP contribution in [0.4, 0.5) is 5.69 Å². The van der Waals surface area contributed by atoms with E-state index in [9.17, 15) is 23.3 Å². The highest BCUT2D eigenvalue weighted by Crippen LogP contribution is 2.31. The minimum atomic E-state index is -3.56. The molecule has 0 aliphatic heterocycles. The second-order valence-electron chi connectivity index (χ2n) is 4.08. The zero-order valence-electron chi connectivity index (χ0n) is 11.5. The number of nitrogens with zero attached hydrogens (tertiary/aromatic N) is 2. The quantitative estimate of drug-likeness (QED) is 0.239. The summed E-state index contributed by atoms with van der Waals surface area (Å²) in [4.78, 5) is 21.7. The molecule has 0 bridgehead atoms. The highest BCUT2D eigenvalue weighted by Gasteiger charge is 2.20. The fraction of sp³-hybridized carbons (Fsp3) is 0.333. The SMILES string of the molecule is CS(=O)(=O)c1ccc(SCC(=O)OCCC#N)c([N+](=O)[O-])c1. The van der Waals surface area contributed by atoms with E-state index >= 15 is 0 Å². The molecule has 0 aliphatic rings. The normalized spacial score (nSPS) is 10.7. The third-order valence-electron chi connectivity index (χ3n) is 2.38. The van der Waals surface area contributed by atoms with Crippen molar-refractivity contribution >= 4 is 33.3 Å². The smallest absolute Gasteiger partial charge is 0.316 e. The Kier molecular flexibility index (Phi) is 6.33. The zero-order valence-corrected chi connectivity index (χ0v) is 13.1. The molecule has 0 unspecified atom stereocenters. The molecule has 118 valence electrons. The molecule has 1 aromatic rings. The van der Waals surface area contributed by atoms with Crippen LogP contribution in [0.3, 0.4) is 0 Å². The molecule has 0 saturated heterocycles. The van der Waals surface area contributed by atoms with Gasteiger partial charge in [-0.25, -0.2) is 8.42 Å². The van der Waals surface area contributed by atoms with Crippen LogP contribution < -0.4 is 0 Å². The van der Waals surface area contributed by atoms with Gasteiger partial charge in [0, 0.05) is 12.3 Å². The van der Waals surface area contributed by atoms with E-state index in [0.717, 1.165) is 24.1 Å². The molecule has 0 radical (unpaired) electrons. The van der Waals surface area contributed by atoms with E-state index in [-0.39, 0.29) is 28.6 Å². The molecule has 0 heterocycles. The minimum Gasteiger partial charge on any atom is -0.464 e. The summed E-state index contributed by atoms with van der Waals surface area (Å²) < 4.78 is 27.5. The molecule has 0 N–H and O–H groups in total. The Morgan fingerprint density at radius 1 is 1.50 bits per heavy atom. The maximum atomic E-state index is 11.4. The summed E-state index contributed by atoms with van der Waals surface area (Å²) in [6.07, 6.45) is 1.02. The number of nitriles is 1. The molecule has 1 rings (SSSR count). The van der Waals surface area contributed by atoms with E-state index in [4.69, 9.17) is 10.00 Å². The van der Waals surface area contributed by atoms with Gasteiger partial charge in [-0.1, -0.05) is 0 Å². The van der Waals surface area contributed by atoms with E-state index in [0.29, 0.717) is 0 Å². The van der Waals surface area contributed by atoms with Crippen LogP contribution in [0.1, 0.15) is 6.42 Å². The summed E-state index contributed by atoms with van der Waals surface area (Å²) in [6.45, 7) is -0.0367. The van der Waals surface area contributed by atoms with Gasteiger partial charge >= 0.3 is 5.97 Å². The number of rotatable bonds is 7. The van der Waals surface area contributed by atoms with Crippen molar-refractivity contribution in [1.29, 1.82) is 5.26 Å². The Morgan fingerprint density at radius 2 is 2.18 bits per heavy atom. The van der Waals surface area contributed by atoms with Gasteiger partial charge in [0.1, 0.15) is 6.61 Å². The Balaban J connectivity index is 2.85. The van der Waals surface area contributed by atoms with Crippen LogP contribution in [-0.4, -0.2) is 37.9 Å². The Bertz CT molecular complexity index is 724. The number of benzene rings is 1. The van der Waals surface area contributed by atoms with E-state index < -0.39 is 26.4 Å². The first-order valence-electron chi connectivity index (χ1n) is 5.89. The fourth-order valence-corrected chi connectivity index (χ4v) is 2.82. The largest absolute Gasteiger partial charge is 0.464 e. The number of sulfone groups is 1. The lowest BCUT2D eigenvalue weighted by Gasteiger charge is -2.05. The fourth-order valence-electron chi connectivity index (χ4n) is 1.38. The van der Waals surface area contributed by atoms with E-state index in [1.807, 2.05) is 6.07 Å². The first-order valence-corrected chi connectivity index (χ1v) is 8.77. The average molecular weight is 344 g/mol. The standard InChI is InChI=1S/C12H12N2O6S2/c1-22(18,19)9-3-4-11(10(7-9)14(16)17)21-8-12(15)20-6-2-5-13/h3-4,7H,2,6,8H2,1H3. The molecular formula is C12H12N2O6S2. The molecule has 10 heteroatoms. The van der Waals surface area contributed by atoms with Crippen LogP contribution in [0.25, 0.3) is 0 Å². The van der Waals surface area contributed by atoms with Crippen molar-refractivity contribution in [1.82, 2.24) is 0 Å². The van der Waals surface area contributed by atoms with Crippen LogP contribution in [0.2, 0.25) is 0 Å². The van der Waals surface area contributed by atoms with Crippen molar-refractivity contribution < 1.29 is 22.9 Å². The number of esters is 1. The van der Waals surface area contributed by atoms with Gasteiger partial charge in [-0.3, -0.25) is 14.9 Å². The van der Waals surface area contributed by atoms with Gasteiger partial charge in [-0.05, 0) is 12.1 Å². The second kappa shape index (κ2) is 7.77. The summed E-state index contributed by atoms with van der Waals surface area (Å²) in [7, 11) is -3.56. The molecule has 8 nitrogen and oxygen atoms in total. The maximum Gasteiger partial charge on any atom is 0.316 e. The molecular weight excluding hydrogens is 332 g/mol. The number of nitro benzene ring substituents is 1. The molecule has 22 heavy (non-hydrogen) atoms. The average Bonchev–Trinajstić information content (AvgIpc) is 2.44. The molecule has 0 spiro atoms. The monoisotopic (exact) mass is 344 g/mol. The zero-order chi connectivity index (χ0) is 16.8. The third-order valence-corrected chi connectivity index (χ3v) is 4.52. The van der Waals surface area contributed by atoms with Gasteiger partial charge in [0.15, 0.2) is 9.84 Å². The number of hydrogen-bond acceptors (Lipinski definition) is 8. The topological polar surface area (TPSA) is 127 Å². The summed E-state index contributed by atoms with van der Waals surface area (Å²) in [6, 6.07) is 5.29. The van der Waals surface area contributed by atoms with Crippen LogP contribution in [0.5, 0.6) is 0 Å². The van der Waals surface area contributed by atoms with Gasteiger partial charge in [-0.2, -0.15) is 5.26 Å². The molecule has 0 amide bonds.